The third-order valence-electron chi connectivity index (χ3n) is 2.21. The Morgan fingerprint density at radius 2 is 2.05 bits per heavy atom. The van der Waals surface area contributed by atoms with Gasteiger partial charge in [-0.05, 0) is 18.2 Å². The molecule has 1 aromatic heterocycles. The van der Waals surface area contributed by atoms with E-state index in [0.717, 1.165) is 30.2 Å². The maximum Gasteiger partial charge on any atom is 0.344 e. The van der Waals surface area contributed by atoms with E-state index >= 15 is 0 Å². The summed E-state index contributed by atoms with van der Waals surface area (Å²) < 4.78 is 25.9. The summed E-state index contributed by atoms with van der Waals surface area (Å²) in [5.41, 5.74) is 1.64. The van der Waals surface area contributed by atoms with E-state index < -0.39 is 22.2 Å². The van der Waals surface area contributed by atoms with E-state index in [9.17, 15) is 18.9 Å². The highest BCUT2D eigenvalue weighted by Crippen LogP contribution is 2.36. The Morgan fingerprint density at radius 1 is 1.30 bits per heavy atom. The molecule has 3 N–H and O–H groups in total. The first-order valence-corrected chi connectivity index (χ1v) is 5.93. The molecule has 0 spiro atoms. The Balaban J connectivity index is 2.42. The monoisotopic (exact) mass is 299 g/mol. The first-order valence-electron chi connectivity index (χ1n) is 5.12. The molecule has 0 unspecified atom stereocenters. The van der Waals surface area contributed by atoms with E-state index in [-0.39, 0.29) is 15.7 Å². The summed E-state index contributed by atoms with van der Waals surface area (Å²) in [5.74, 6) is 2.90. The molecular formula is C10H7F2N5O2S. The van der Waals surface area contributed by atoms with Gasteiger partial charge in [-0.3, -0.25) is 10.1 Å². The van der Waals surface area contributed by atoms with Crippen molar-refractivity contribution in [2.75, 3.05) is 5.43 Å². The Bertz CT molecular complexity index is 670. The first-order chi connectivity index (χ1) is 9.52. The molecule has 10 heteroatoms. The van der Waals surface area contributed by atoms with Crippen LogP contribution < -0.4 is 11.3 Å². The van der Waals surface area contributed by atoms with Crippen LogP contribution in [0.1, 0.15) is 0 Å². The number of benzene rings is 1. The highest BCUT2D eigenvalue weighted by molar-refractivity contribution is 7.99. The van der Waals surface area contributed by atoms with Crippen LogP contribution in [0.5, 0.6) is 0 Å². The molecule has 0 aliphatic carbocycles. The molecule has 0 saturated heterocycles. The second-order valence-corrected chi connectivity index (χ2v) is 4.52. The number of hydrazine groups is 1. The van der Waals surface area contributed by atoms with Crippen molar-refractivity contribution < 1.29 is 13.7 Å². The van der Waals surface area contributed by atoms with Crippen LogP contribution in [0.4, 0.5) is 20.3 Å². The molecule has 0 saturated carbocycles. The normalized spacial score (nSPS) is 10.3. The van der Waals surface area contributed by atoms with Crippen LogP contribution in [0, 0.1) is 21.7 Å². The van der Waals surface area contributed by atoms with Crippen LogP contribution in [0.2, 0.25) is 0 Å². The Morgan fingerprint density at radius 3 is 2.65 bits per heavy atom. The maximum absolute atomic E-state index is 13.1. The van der Waals surface area contributed by atoms with Crippen LogP contribution in [0.15, 0.2) is 34.4 Å². The number of rotatable bonds is 4. The van der Waals surface area contributed by atoms with Crippen molar-refractivity contribution in [3.63, 3.8) is 0 Å². The molecular weight excluding hydrogens is 292 g/mol. The topological polar surface area (TPSA) is 107 Å². The number of halogens is 2. The molecule has 20 heavy (non-hydrogen) atoms. The van der Waals surface area contributed by atoms with Crippen molar-refractivity contribution in [3.05, 3.63) is 46.3 Å². The molecule has 2 aromatic rings. The van der Waals surface area contributed by atoms with E-state index in [1.165, 1.54) is 6.07 Å². The average molecular weight is 299 g/mol. The zero-order valence-corrected chi connectivity index (χ0v) is 10.5. The number of anilines is 1. The van der Waals surface area contributed by atoms with Crippen molar-refractivity contribution in [3.8, 4) is 0 Å². The zero-order valence-electron chi connectivity index (χ0n) is 9.71. The molecule has 2 rings (SSSR count). The molecule has 104 valence electrons. The summed E-state index contributed by atoms with van der Waals surface area (Å²) in [6.07, 6.45) is 1.07. The van der Waals surface area contributed by atoms with Crippen LogP contribution >= 0.6 is 11.8 Å². The molecule has 0 bridgehead atoms. The smallest absolute Gasteiger partial charge is 0.303 e. The van der Waals surface area contributed by atoms with Gasteiger partial charge in [-0.2, -0.15) is 0 Å². The predicted molar refractivity (Wildman–Crippen MR) is 67.0 cm³/mol. The minimum atomic E-state index is -1.05. The number of nitro groups is 1. The fourth-order valence-electron chi connectivity index (χ4n) is 1.36. The number of nitrogens with one attached hydrogen (secondary N) is 1. The molecule has 1 aromatic carbocycles. The molecule has 0 fully saturated rings. The van der Waals surface area contributed by atoms with E-state index in [1.807, 2.05) is 0 Å². The molecule has 7 nitrogen and oxygen atoms in total. The number of aromatic nitrogens is 2. The van der Waals surface area contributed by atoms with Crippen molar-refractivity contribution in [2.45, 2.75) is 9.92 Å². The highest BCUT2D eigenvalue weighted by Gasteiger charge is 2.23. The molecule has 0 radical (unpaired) electrons. The van der Waals surface area contributed by atoms with Gasteiger partial charge in [-0.25, -0.2) is 24.6 Å². The van der Waals surface area contributed by atoms with Crippen LogP contribution in [-0.2, 0) is 0 Å². The number of hydrogen-bond acceptors (Lipinski definition) is 7. The van der Waals surface area contributed by atoms with Crippen molar-refractivity contribution >= 4 is 23.3 Å². The fraction of sp³-hybridized carbons (Fsp3) is 0. The maximum atomic E-state index is 13.1. The Kier molecular flexibility index (Phi) is 4.05. The molecule has 0 aliphatic heterocycles. The minimum Gasteiger partial charge on any atom is -0.303 e. The lowest BCUT2D eigenvalue weighted by Crippen LogP contribution is -2.12. The molecule has 0 atom stereocenters. The van der Waals surface area contributed by atoms with Crippen LogP contribution in [0.25, 0.3) is 0 Å². The summed E-state index contributed by atoms with van der Waals surface area (Å²) in [6.45, 7) is 0. The van der Waals surface area contributed by atoms with Gasteiger partial charge in [0.05, 0.1) is 4.92 Å². The van der Waals surface area contributed by atoms with Gasteiger partial charge in [-0.15, -0.1) is 0 Å². The van der Waals surface area contributed by atoms with Gasteiger partial charge in [0.1, 0.15) is 6.33 Å². The first kappa shape index (κ1) is 14.1. The van der Waals surface area contributed by atoms with E-state index in [4.69, 9.17) is 5.84 Å². The summed E-state index contributed by atoms with van der Waals surface area (Å²) in [7, 11) is 0. The largest absolute Gasteiger partial charge is 0.344 e. The molecule has 0 aliphatic rings. The van der Waals surface area contributed by atoms with Crippen LogP contribution in [0.3, 0.4) is 0 Å². The minimum absolute atomic E-state index is 0.0380. The number of nitrogen functional groups attached to an aromatic ring is 1. The van der Waals surface area contributed by atoms with Crippen molar-refractivity contribution in [1.82, 2.24) is 9.97 Å². The number of nitrogens with two attached hydrogens (primary N) is 1. The van der Waals surface area contributed by atoms with Gasteiger partial charge in [0.25, 0.3) is 0 Å². The van der Waals surface area contributed by atoms with Gasteiger partial charge in [0.15, 0.2) is 16.7 Å². The summed E-state index contributed by atoms with van der Waals surface area (Å²) in [4.78, 5) is 17.9. The third kappa shape index (κ3) is 2.81. The third-order valence-corrected chi connectivity index (χ3v) is 3.20. The quantitative estimate of drug-likeness (QED) is 0.385. The van der Waals surface area contributed by atoms with Crippen molar-refractivity contribution in [2.24, 2.45) is 5.84 Å². The standard InChI is InChI=1S/C10H7F2N5O2S/c11-6-2-1-5(3-7(6)12)20-10-8(17(18)19)9(16-13)14-4-15-10/h1-4H,13H2,(H,14,15,16). The number of hydrogen-bond donors (Lipinski definition) is 2. The fourth-order valence-corrected chi connectivity index (χ4v) is 2.25. The highest BCUT2D eigenvalue weighted by atomic mass is 32.2. The predicted octanol–water partition coefficient (Wildman–Crippen LogP) is 2.10. The average Bonchev–Trinajstić information content (AvgIpc) is 2.42. The SMILES string of the molecule is NNc1ncnc(Sc2ccc(F)c(F)c2)c1[N+](=O)[O-]. The summed E-state index contributed by atoms with van der Waals surface area (Å²) in [6, 6.07) is 3.12. The summed E-state index contributed by atoms with van der Waals surface area (Å²) in [5, 5.41) is 11.0. The lowest BCUT2D eigenvalue weighted by atomic mass is 10.3. The Labute approximate surface area is 115 Å². The van der Waals surface area contributed by atoms with Gasteiger partial charge < -0.3 is 5.43 Å². The van der Waals surface area contributed by atoms with Crippen molar-refractivity contribution in [1.29, 1.82) is 0 Å². The van der Waals surface area contributed by atoms with Gasteiger partial charge in [0, 0.05) is 4.90 Å². The van der Waals surface area contributed by atoms with E-state index in [0.29, 0.717) is 0 Å². The molecule has 1 heterocycles. The zero-order chi connectivity index (χ0) is 14.7. The lowest BCUT2D eigenvalue weighted by molar-refractivity contribution is -0.387. The van der Waals surface area contributed by atoms with Gasteiger partial charge in [-0.1, -0.05) is 11.8 Å². The van der Waals surface area contributed by atoms with E-state index in [1.54, 1.807) is 0 Å². The second-order valence-electron chi connectivity index (χ2n) is 3.46. The lowest BCUT2D eigenvalue weighted by Gasteiger charge is -2.05. The molecule has 0 amide bonds. The second kappa shape index (κ2) is 5.75. The Hall–Kier alpha value is -2.33. The van der Waals surface area contributed by atoms with Gasteiger partial charge >= 0.3 is 5.69 Å². The number of nitrogens with zero attached hydrogens (tertiary/aromatic N) is 3. The van der Waals surface area contributed by atoms with E-state index in [2.05, 4.69) is 15.4 Å². The van der Waals surface area contributed by atoms with Gasteiger partial charge in [0.2, 0.25) is 5.82 Å². The summed E-state index contributed by atoms with van der Waals surface area (Å²) >= 11 is 0.800. The van der Waals surface area contributed by atoms with Crippen LogP contribution in [-0.4, -0.2) is 14.9 Å².